The van der Waals surface area contributed by atoms with Crippen LogP contribution in [0.5, 0.6) is 5.75 Å². The average Bonchev–Trinajstić information content (AvgIpc) is 2.21. The highest BCUT2D eigenvalue weighted by Gasteiger charge is 1.93. The Hall–Kier alpha value is -1.39. The maximum Gasteiger partial charge on any atom is 0.153 e. The average molecular weight is 196 g/mol. The summed E-state index contributed by atoms with van der Waals surface area (Å²) in [5.41, 5.74) is 10.4. The lowest BCUT2D eigenvalue weighted by Crippen LogP contribution is -2.06. The van der Waals surface area contributed by atoms with Crippen molar-refractivity contribution in [3.05, 3.63) is 29.8 Å². The first kappa shape index (κ1) is 12.6. The minimum Gasteiger partial charge on any atom is -0.507 e. The zero-order valence-corrected chi connectivity index (χ0v) is 8.02. The number of para-hydroxylation sites is 1. The second-order valence-corrected chi connectivity index (χ2v) is 2.61. The molecule has 0 aliphatic heterocycles. The van der Waals surface area contributed by atoms with Crippen molar-refractivity contribution in [3.63, 3.8) is 0 Å². The van der Waals surface area contributed by atoms with Crippen molar-refractivity contribution in [2.75, 3.05) is 13.1 Å². The summed E-state index contributed by atoms with van der Waals surface area (Å²) in [5, 5.41) is 8.88. The minimum atomic E-state index is 0.0347. The monoisotopic (exact) mass is 196 g/mol. The van der Waals surface area contributed by atoms with Crippen molar-refractivity contribution in [3.8, 4) is 5.75 Å². The maximum absolute atomic E-state index is 10.1. The van der Waals surface area contributed by atoms with E-state index in [0.717, 1.165) is 19.5 Å². The Bertz CT molecular complexity index is 262. The molecule has 78 valence electrons. The largest absolute Gasteiger partial charge is 0.507 e. The molecule has 0 aromatic heterocycles. The van der Waals surface area contributed by atoms with Gasteiger partial charge < -0.3 is 16.6 Å². The van der Waals surface area contributed by atoms with Gasteiger partial charge in [-0.15, -0.1) is 0 Å². The van der Waals surface area contributed by atoms with Gasteiger partial charge in [0.25, 0.3) is 0 Å². The first-order valence-electron chi connectivity index (χ1n) is 4.39. The van der Waals surface area contributed by atoms with Crippen LogP contribution in [0.4, 0.5) is 0 Å². The molecule has 0 bridgehead atoms. The molecule has 1 aromatic rings. The predicted octanol–water partition coefficient (Wildman–Crippen LogP) is 0.499. The van der Waals surface area contributed by atoms with Crippen LogP contribution >= 0.6 is 0 Å². The number of carbonyl (C=O) groups excluding carboxylic acids is 1. The molecule has 1 aromatic carbocycles. The van der Waals surface area contributed by atoms with Gasteiger partial charge in [-0.3, -0.25) is 4.79 Å². The first-order valence-corrected chi connectivity index (χ1v) is 4.39. The van der Waals surface area contributed by atoms with Gasteiger partial charge in [0.1, 0.15) is 5.75 Å². The van der Waals surface area contributed by atoms with Crippen molar-refractivity contribution in [1.29, 1.82) is 0 Å². The Balaban J connectivity index is 0.000000292. The Morgan fingerprint density at radius 3 is 2.07 bits per heavy atom. The van der Waals surface area contributed by atoms with E-state index in [-0.39, 0.29) is 5.75 Å². The van der Waals surface area contributed by atoms with Crippen LogP contribution in [0.1, 0.15) is 16.8 Å². The quantitative estimate of drug-likeness (QED) is 0.614. The Morgan fingerprint density at radius 1 is 1.21 bits per heavy atom. The van der Waals surface area contributed by atoms with E-state index in [0.29, 0.717) is 11.8 Å². The van der Waals surface area contributed by atoms with E-state index in [9.17, 15) is 4.79 Å². The van der Waals surface area contributed by atoms with E-state index >= 15 is 0 Å². The van der Waals surface area contributed by atoms with Gasteiger partial charge in [-0.2, -0.15) is 0 Å². The number of rotatable bonds is 3. The lowest BCUT2D eigenvalue weighted by atomic mass is 10.2. The maximum atomic E-state index is 10.1. The molecule has 1 rings (SSSR count). The van der Waals surface area contributed by atoms with Crippen LogP contribution in [0.2, 0.25) is 0 Å². The van der Waals surface area contributed by atoms with Crippen molar-refractivity contribution < 1.29 is 9.90 Å². The van der Waals surface area contributed by atoms with Gasteiger partial charge in [-0.1, -0.05) is 12.1 Å². The molecule has 4 nitrogen and oxygen atoms in total. The number of phenolic OH excluding ortho intramolecular Hbond substituents is 1. The Kier molecular flexibility index (Phi) is 7.40. The van der Waals surface area contributed by atoms with E-state index in [1.54, 1.807) is 18.2 Å². The summed E-state index contributed by atoms with van der Waals surface area (Å²) in [6, 6.07) is 6.40. The molecule has 14 heavy (non-hydrogen) atoms. The topological polar surface area (TPSA) is 89.3 Å². The lowest BCUT2D eigenvalue weighted by Gasteiger charge is -1.91. The second-order valence-electron chi connectivity index (χ2n) is 2.61. The molecule has 0 amide bonds. The van der Waals surface area contributed by atoms with E-state index in [1.807, 2.05) is 0 Å². The van der Waals surface area contributed by atoms with E-state index in [1.165, 1.54) is 6.07 Å². The fraction of sp³-hybridized carbons (Fsp3) is 0.300. The number of nitrogens with two attached hydrogens (primary N) is 2. The fourth-order valence-electron chi connectivity index (χ4n) is 0.705. The highest BCUT2D eigenvalue weighted by molar-refractivity contribution is 5.78. The van der Waals surface area contributed by atoms with Gasteiger partial charge >= 0.3 is 0 Å². The summed E-state index contributed by atoms with van der Waals surface area (Å²) in [6.45, 7) is 1.44. The molecular weight excluding hydrogens is 180 g/mol. The SMILES string of the molecule is NCCCN.O=Cc1ccccc1O. The number of benzene rings is 1. The highest BCUT2D eigenvalue weighted by atomic mass is 16.3. The number of aldehydes is 1. The van der Waals surface area contributed by atoms with Crippen LogP contribution in [0, 0.1) is 0 Å². The van der Waals surface area contributed by atoms with Crippen LogP contribution in [0.25, 0.3) is 0 Å². The molecular formula is C10H16N2O2. The Morgan fingerprint density at radius 2 is 1.79 bits per heavy atom. The summed E-state index contributed by atoms with van der Waals surface area (Å²) in [5.74, 6) is 0.0347. The van der Waals surface area contributed by atoms with E-state index in [2.05, 4.69) is 0 Å². The second kappa shape index (κ2) is 8.22. The van der Waals surface area contributed by atoms with Gasteiger partial charge in [0.05, 0.1) is 5.56 Å². The minimum absolute atomic E-state index is 0.0347. The third kappa shape index (κ3) is 5.29. The number of aromatic hydroxyl groups is 1. The van der Waals surface area contributed by atoms with Crippen molar-refractivity contribution in [2.24, 2.45) is 11.5 Å². The van der Waals surface area contributed by atoms with Crippen LogP contribution in [-0.4, -0.2) is 24.5 Å². The smallest absolute Gasteiger partial charge is 0.153 e. The summed E-state index contributed by atoms with van der Waals surface area (Å²) in [4.78, 5) is 10.1. The van der Waals surface area contributed by atoms with Crippen LogP contribution in [-0.2, 0) is 0 Å². The molecule has 0 atom stereocenters. The van der Waals surface area contributed by atoms with E-state index in [4.69, 9.17) is 16.6 Å². The summed E-state index contributed by atoms with van der Waals surface area (Å²) in [7, 11) is 0. The van der Waals surface area contributed by atoms with Gasteiger partial charge in [0.2, 0.25) is 0 Å². The molecule has 0 heterocycles. The summed E-state index contributed by atoms with van der Waals surface area (Å²) < 4.78 is 0. The third-order valence-corrected chi connectivity index (χ3v) is 1.47. The molecule has 0 saturated carbocycles. The zero-order valence-electron chi connectivity index (χ0n) is 8.02. The van der Waals surface area contributed by atoms with Gasteiger partial charge in [-0.25, -0.2) is 0 Å². The van der Waals surface area contributed by atoms with Crippen LogP contribution < -0.4 is 11.5 Å². The number of hydrogen-bond acceptors (Lipinski definition) is 4. The van der Waals surface area contributed by atoms with Crippen molar-refractivity contribution in [2.45, 2.75) is 6.42 Å². The summed E-state index contributed by atoms with van der Waals surface area (Å²) >= 11 is 0. The molecule has 0 unspecified atom stereocenters. The molecule has 0 fully saturated rings. The highest BCUT2D eigenvalue weighted by Crippen LogP contribution is 2.11. The lowest BCUT2D eigenvalue weighted by molar-refractivity contribution is 0.112. The predicted molar refractivity (Wildman–Crippen MR) is 56.2 cm³/mol. The molecule has 5 N–H and O–H groups in total. The zero-order chi connectivity index (χ0) is 10.8. The van der Waals surface area contributed by atoms with Gasteiger partial charge in [0.15, 0.2) is 6.29 Å². The molecule has 0 spiro atoms. The van der Waals surface area contributed by atoms with Crippen molar-refractivity contribution >= 4 is 6.29 Å². The fourth-order valence-corrected chi connectivity index (χ4v) is 0.705. The molecule has 0 radical (unpaired) electrons. The standard InChI is InChI=1S/C7H6O2.C3H10N2/c8-5-6-3-1-2-4-7(6)9;4-2-1-3-5/h1-5,9H;1-5H2. The molecule has 0 saturated heterocycles. The third-order valence-electron chi connectivity index (χ3n) is 1.47. The molecule has 0 aliphatic rings. The normalized spacial score (nSPS) is 8.71. The first-order chi connectivity index (χ1) is 6.76. The van der Waals surface area contributed by atoms with Gasteiger partial charge in [-0.05, 0) is 31.6 Å². The van der Waals surface area contributed by atoms with Crippen LogP contribution in [0.15, 0.2) is 24.3 Å². The molecule has 0 aliphatic carbocycles. The van der Waals surface area contributed by atoms with E-state index < -0.39 is 0 Å². The Labute approximate surface area is 83.5 Å². The number of carbonyl (C=O) groups is 1. The number of phenols is 1. The summed E-state index contributed by atoms with van der Waals surface area (Å²) in [6.07, 6.45) is 1.56. The van der Waals surface area contributed by atoms with Gasteiger partial charge in [0, 0.05) is 0 Å². The van der Waals surface area contributed by atoms with Crippen LogP contribution in [0.3, 0.4) is 0 Å². The van der Waals surface area contributed by atoms with Crippen molar-refractivity contribution in [1.82, 2.24) is 0 Å². The number of hydrogen-bond donors (Lipinski definition) is 3. The molecule has 4 heteroatoms.